The average molecular weight is 339 g/mol. The highest BCUT2D eigenvalue weighted by Crippen LogP contribution is 2.09. The predicted molar refractivity (Wildman–Crippen MR) is 93.1 cm³/mol. The van der Waals surface area contributed by atoms with Crippen molar-refractivity contribution in [3.8, 4) is 0 Å². The number of aromatic nitrogens is 1. The van der Waals surface area contributed by atoms with Crippen LogP contribution < -0.4 is 16.5 Å². The smallest absolute Gasteiger partial charge is 0.253 e. The number of hydrogen-bond acceptors (Lipinski definition) is 7. The Bertz CT molecular complexity index is 877. The first-order valence-electron chi connectivity index (χ1n) is 7.32. The highest BCUT2D eigenvalue weighted by molar-refractivity contribution is 6.70. The number of benzene rings is 1. The number of rotatable bonds is 5. The van der Waals surface area contributed by atoms with Crippen molar-refractivity contribution in [3.63, 3.8) is 0 Å². The molecular weight excluding hydrogens is 325 g/mol. The number of carbonyl (C=O) groups excluding carboxylic acids is 1. The fraction of sp³-hybridized carbons (Fsp3) is 0.0625. The first kappa shape index (κ1) is 16.2. The van der Waals surface area contributed by atoms with Crippen molar-refractivity contribution in [2.24, 2.45) is 21.0 Å². The molecule has 1 aliphatic heterocycles. The Morgan fingerprint density at radius 1 is 1.24 bits per heavy atom. The van der Waals surface area contributed by atoms with Gasteiger partial charge in [-0.3, -0.25) is 15.2 Å². The summed E-state index contributed by atoms with van der Waals surface area (Å²) in [4.78, 5) is 15.9. The fourth-order valence-corrected chi connectivity index (χ4v) is 2.04. The molecular formula is C16H14FN7O. The van der Waals surface area contributed by atoms with Crippen LogP contribution in [-0.4, -0.2) is 34.7 Å². The molecule has 0 spiro atoms. The van der Waals surface area contributed by atoms with E-state index in [4.69, 9.17) is 5.73 Å². The van der Waals surface area contributed by atoms with E-state index in [1.165, 1.54) is 18.3 Å². The lowest BCUT2D eigenvalue weighted by atomic mass is 10.2. The topological polar surface area (TPSA) is 117 Å². The molecule has 0 fully saturated rings. The van der Waals surface area contributed by atoms with Crippen LogP contribution in [0.25, 0.3) is 0 Å². The summed E-state index contributed by atoms with van der Waals surface area (Å²) in [5, 5.41) is 14.4. The maximum atomic E-state index is 13.2. The van der Waals surface area contributed by atoms with Crippen molar-refractivity contribution in [2.75, 3.05) is 12.0 Å². The molecule has 8 nitrogen and oxygen atoms in total. The lowest BCUT2D eigenvalue weighted by molar-refractivity contribution is 0.0959. The number of hydrogen-bond donors (Lipinski definition) is 3. The second-order valence-electron chi connectivity index (χ2n) is 5.04. The third-order valence-corrected chi connectivity index (χ3v) is 3.26. The van der Waals surface area contributed by atoms with Crippen molar-refractivity contribution >= 4 is 28.9 Å². The highest BCUT2D eigenvalue weighted by atomic mass is 19.1. The maximum absolute atomic E-state index is 13.2. The zero-order chi connectivity index (χ0) is 17.6. The minimum absolute atomic E-state index is 0.0849. The van der Waals surface area contributed by atoms with E-state index in [2.05, 4.69) is 31.0 Å². The van der Waals surface area contributed by atoms with Crippen molar-refractivity contribution in [1.82, 2.24) is 10.3 Å². The number of pyridine rings is 1. The van der Waals surface area contributed by atoms with E-state index in [1.807, 2.05) is 0 Å². The molecule has 2 aromatic rings. The van der Waals surface area contributed by atoms with Crippen molar-refractivity contribution in [1.29, 1.82) is 0 Å². The number of halogens is 1. The largest absolute Gasteiger partial charge is 0.380 e. The first-order chi connectivity index (χ1) is 12.1. The molecule has 126 valence electrons. The van der Waals surface area contributed by atoms with Crippen LogP contribution in [0, 0.1) is 5.82 Å². The van der Waals surface area contributed by atoms with Crippen molar-refractivity contribution in [3.05, 3.63) is 60.2 Å². The van der Waals surface area contributed by atoms with Gasteiger partial charge in [-0.05, 0) is 30.3 Å². The van der Waals surface area contributed by atoms with Crippen molar-refractivity contribution in [2.45, 2.75) is 0 Å². The third-order valence-electron chi connectivity index (χ3n) is 3.26. The van der Waals surface area contributed by atoms with Gasteiger partial charge in [-0.15, -0.1) is 10.2 Å². The number of hydrazone groups is 1. The molecule has 0 saturated carbocycles. The standard InChI is InChI=1S/C16H14FN7O/c17-11-4-1-5-12(7-11)21-23-14-13(22-24-15(14)18)9-20-16(25)10-3-2-6-19-8-10/h1-8,21H,9H2,(H,20,25)(H2,18,23,24). The number of nitrogens with zero attached hydrogens (tertiary/aromatic N) is 4. The lowest BCUT2D eigenvalue weighted by Crippen LogP contribution is -2.37. The summed E-state index contributed by atoms with van der Waals surface area (Å²) in [7, 11) is 0. The summed E-state index contributed by atoms with van der Waals surface area (Å²) in [6, 6.07) is 9.12. The van der Waals surface area contributed by atoms with Gasteiger partial charge in [-0.25, -0.2) is 4.39 Å². The average Bonchev–Trinajstić information content (AvgIpc) is 2.98. The summed E-state index contributed by atoms with van der Waals surface area (Å²) >= 11 is 0. The minimum atomic E-state index is -0.393. The highest BCUT2D eigenvalue weighted by Gasteiger charge is 2.20. The molecule has 0 saturated heterocycles. The van der Waals surface area contributed by atoms with Gasteiger partial charge in [0.05, 0.1) is 17.8 Å². The molecule has 0 radical (unpaired) electrons. The lowest BCUT2D eigenvalue weighted by Gasteiger charge is -2.07. The third kappa shape index (κ3) is 4.02. The number of carbonyl (C=O) groups is 1. The molecule has 4 N–H and O–H groups in total. The molecule has 1 aromatic heterocycles. The zero-order valence-corrected chi connectivity index (χ0v) is 13.0. The summed E-state index contributed by atoms with van der Waals surface area (Å²) < 4.78 is 13.2. The van der Waals surface area contributed by atoms with Gasteiger partial charge in [-0.1, -0.05) is 6.07 Å². The van der Waals surface area contributed by atoms with Crippen LogP contribution in [0.1, 0.15) is 10.4 Å². The number of amides is 1. The second kappa shape index (κ2) is 7.30. The van der Waals surface area contributed by atoms with Gasteiger partial charge >= 0.3 is 0 Å². The van der Waals surface area contributed by atoms with Gasteiger partial charge in [0, 0.05) is 12.4 Å². The fourth-order valence-electron chi connectivity index (χ4n) is 2.04. The summed E-state index contributed by atoms with van der Waals surface area (Å²) in [6.45, 7) is 0.0849. The monoisotopic (exact) mass is 339 g/mol. The van der Waals surface area contributed by atoms with Gasteiger partial charge in [0.2, 0.25) is 0 Å². The Labute approximate surface area is 142 Å². The minimum Gasteiger partial charge on any atom is -0.380 e. The Morgan fingerprint density at radius 2 is 2.12 bits per heavy atom. The van der Waals surface area contributed by atoms with Gasteiger partial charge in [-0.2, -0.15) is 5.10 Å². The van der Waals surface area contributed by atoms with E-state index in [0.717, 1.165) is 0 Å². The Kier molecular flexibility index (Phi) is 4.74. The quantitative estimate of drug-likeness (QED) is 0.708. The Hall–Kier alpha value is -3.62. The Morgan fingerprint density at radius 3 is 2.88 bits per heavy atom. The van der Waals surface area contributed by atoms with E-state index < -0.39 is 5.82 Å². The Balaban J connectivity index is 1.65. The molecule has 0 atom stereocenters. The molecule has 2 heterocycles. The summed E-state index contributed by atoms with van der Waals surface area (Å²) in [5.74, 6) is -0.593. The van der Waals surface area contributed by atoms with E-state index in [1.54, 1.807) is 30.5 Å². The van der Waals surface area contributed by atoms with Gasteiger partial charge < -0.3 is 11.1 Å². The van der Waals surface area contributed by atoms with E-state index in [0.29, 0.717) is 17.0 Å². The molecule has 9 heteroatoms. The van der Waals surface area contributed by atoms with Crippen molar-refractivity contribution < 1.29 is 9.18 Å². The van der Waals surface area contributed by atoms with Gasteiger partial charge in [0.15, 0.2) is 11.5 Å². The number of nitrogens with two attached hydrogens (primary N) is 1. The molecule has 1 amide bonds. The molecule has 1 aliphatic rings. The van der Waals surface area contributed by atoms with E-state index in [9.17, 15) is 9.18 Å². The SMILES string of the molecule is NC1=NN=C(CNC(=O)c2cccnc2)/C1=N/Nc1cccc(F)c1. The molecule has 0 aliphatic carbocycles. The van der Waals surface area contributed by atoms with Gasteiger partial charge in [0.25, 0.3) is 5.91 Å². The van der Waals surface area contributed by atoms with E-state index in [-0.39, 0.29) is 24.0 Å². The van der Waals surface area contributed by atoms with Crippen LogP contribution in [0.3, 0.4) is 0 Å². The zero-order valence-electron chi connectivity index (χ0n) is 13.0. The van der Waals surface area contributed by atoms with Crippen LogP contribution in [-0.2, 0) is 0 Å². The molecule has 3 rings (SSSR count). The first-order valence-corrected chi connectivity index (χ1v) is 7.32. The number of anilines is 1. The summed E-state index contributed by atoms with van der Waals surface area (Å²) in [5.41, 5.74) is 9.99. The molecule has 1 aromatic carbocycles. The summed E-state index contributed by atoms with van der Waals surface area (Å²) in [6.07, 6.45) is 3.03. The molecule has 0 unspecified atom stereocenters. The van der Waals surface area contributed by atoms with Crippen LogP contribution in [0.5, 0.6) is 0 Å². The van der Waals surface area contributed by atoms with Crippen LogP contribution in [0.2, 0.25) is 0 Å². The van der Waals surface area contributed by atoms with Crippen LogP contribution in [0.15, 0.2) is 64.1 Å². The second-order valence-corrected chi connectivity index (χ2v) is 5.04. The number of nitrogens with one attached hydrogen (secondary N) is 2. The van der Waals surface area contributed by atoms with Crippen LogP contribution >= 0.6 is 0 Å². The maximum Gasteiger partial charge on any atom is 0.253 e. The van der Waals surface area contributed by atoms with Gasteiger partial charge in [0.1, 0.15) is 11.5 Å². The normalized spacial score (nSPS) is 14.8. The predicted octanol–water partition coefficient (Wildman–Crippen LogP) is 1.15. The van der Waals surface area contributed by atoms with E-state index >= 15 is 0 Å². The molecule has 0 bridgehead atoms. The molecule has 25 heavy (non-hydrogen) atoms. The number of amidine groups is 1. The van der Waals surface area contributed by atoms with Crippen LogP contribution in [0.4, 0.5) is 10.1 Å².